The molecule has 0 bridgehead atoms. The molecule has 154 valence electrons. The Labute approximate surface area is 173 Å². The minimum Gasteiger partial charge on any atom is -0.381 e. The molecule has 0 radical (unpaired) electrons. The van der Waals surface area contributed by atoms with Gasteiger partial charge in [0.15, 0.2) is 0 Å². The van der Waals surface area contributed by atoms with Gasteiger partial charge in [0.1, 0.15) is 0 Å². The predicted octanol–water partition coefficient (Wildman–Crippen LogP) is 3.09. The van der Waals surface area contributed by atoms with Crippen LogP contribution in [0.5, 0.6) is 0 Å². The van der Waals surface area contributed by atoms with Crippen molar-refractivity contribution in [1.29, 1.82) is 0 Å². The number of nitrogens with one attached hydrogen (secondary N) is 1. The highest BCUT2D eigenvalue weighted by Gasteiger charge is 2.33. The number of benzene rings is 1. The van der Waals surface area contributed by atoms with Crippen molar-refractivity contribution in [2.75, 3.05) is 45.9 Å². The van der Waals surface area contributed by atoms with Gasteiger partial charge in [0.25, 0.3) is 0 Å². The van der Waals surface area contributed by atoms with E-state index in [4.69, 9.17) is 16.3 Å². The van der Waals surface area contributed by atoms with Gasteiger partial charge in [-0.2, -0.15) is 0 Å². The first-order chi connectivity index (χ1) is 13.7. The Bertz CT molecular complexity index is 655. The molecule has 0 spiro atoms. The third kappa shape index (κ3) is 5.26. The first-order valence-electron chi connectivity index (χ1n) is 10.8. The molecule has 0 unspecified atom stereocenters. The SMILES string of the molecule is O=C(CN(C[C@H]1CCOC1)C1CC1)NC[C@@H](c1ccccc1Cl)N1CCCC1. The Balaban J connectivity index is 1.34. The van der Waals surface area contributed by atoms with Crippen molar-refractivity contribution in [2.45, 2.75) is 44.2 Å². The second-order valence-corrected chi connectivity index (χ2v) is 8.88. The highest BCUT2D eigenvalue weighted by molar-refractivity contribution is 6.31. The molecule has 2 aliphatic heterocycles. The van der Waals surface area contributed by atoms with Crippen LogP contribution in [0, 0.1) is 5.92 Å². The summed E-state index contributed by atoms with van der Waals surface area (Å²) in [5.41, 5.74) is 1.12. The first kappa shape index (κ1) is 20.1. The van der Waals surface area contributed by atoms with Crippen molar-refractivity contribution >= 4 is 17.5 Å². The lowest BCUT2D eigenvalue weighted by molar-refractivity contribution is -0.122. The Hall–Kier alpha value is -1.14. The summed E-state index contributed by atoms with van der Waals surface area (Å²) in [4.78, 5) is 17.6. The molecule has 1 saturated carbocycles. The van der Waals surface area contributed by atoms with Gasteiger partial charge in [-0.15, -0.1) is 0 Å². The second-order valence-electron chi connectivity index (χ2n) is 8.47. The number of hydrogen-bond acceptors (Lipinski definition) is 4. The van der Waals surface area contributed by atoms with Crippen LogP contribution in [0.4, 0.5) is 0 Å². The fourth-order valence-corrected chi connectivity index (χ4v) is 4.79. The molecule has 3 aliphatic rings. The van der Waals surface area contributed by atoms with E-state index in [1.165, 1.54) is 25.7 Å². The van der Waals surface area contributed by atoms with E-state index in [1.54, 1.807) is 0 Å². The number of halogens is 1. The van der Waals surface area contributed by atoms with Crippen LogP contribution in [-0.2, 0) is 9.53 Å². The number of carbonyl (C=O) groups is 1. The Morgan fingerprint density at radius 3 is 2.71 bits per heavy atom. The summed E-state index contributed by atoms with van der Waals surface area (Å²) < 4.78 is 5.51. The molecule has 6 heteroatoms. The molecule has 2 atom stereocenters. The van der Waals surface area contributed by atoms with Crippen LogP contribution in [0.15, 0.2) is 24.3 Å². The molecular formula is C22H32ClN3O2. The average Bonchev–Trinajstić information content (AvgIpc) is 3.15. The molecule has 4 rings (SSSR count). The zero-order valence-corrected chi connectivity index (χ0v) is 17.4. The maximum Gasteiger partial charge on any atom is 0.234 e. The summed E-state index contributed by atoms with van der Waals surface area (Å²) in [5, 5.41) is 4.00. The lowest BCUT2D eigenvalue weighted by Gasteiger charge is -2.30. The van der Waals surface area contributed by atoms with Crippen LogP contribution in [0.25, 0.3) is 0 Å². The van der Waals surface area contributed by atoms with Gasteiger partial charge in [-0.05, 0) is 62.7 Å². The average molecular weight is 406 g/mol. The van der Waals surface area contributed by atoms with Crippen LogP contribution >= 0.6 is 11.6 Å². The molecule has 3 fully saturated rings. The molecular weight excluding hydrogens is 374 g/mol. The van der Waals surface area contributed by atoms with Crippen LogP contribution in [-0.4, -0.2) is 67.7 Å². The molecule has 0 aromatic heterocycles. The number of amides is 1. The lowest BCUT2D eigenvalue weighted by Crippen LogP contribution is -2.43. The summed E-state index contributed by atoms with van der Waals surface area (Å²) >= 11 is 6.48. The summed E-state index contributed by atoms with van der Waals surface area (Å²) in [7, 11) is 0. The molecule has 28 heavy (non-hydrogen) atoms. The monoisotopic (exact) mass is 405 g/mol. The van der Waals surface area contributed by atoms with Crippen LogP contribution in [0.2, 0.25) is 5.02 Å². The second kappa shape index (κ2) is 9.57. The van der Waals surface area contributed by atoms with Crippen LogP contribution in [0.1, 0.15) is 43.7 Å². The van der Waals surface area contributed by atoms with Gasteiger partial charge in [0.05, 0.1) is 19.2 Å². The summed E-state index contributed by atoms with van der Waals surface area (Å²) in [5.74, 6) is 0.705. The van der Waals surface area contributed by atoms with Crippen molar-refractivity contribution in [3.05, 3.63) is 34.9 Å². The number of hydrogen-bond donors (Lipinski definition) is 1. The standard InChI is InChI=1S/C22H32ClN3O2/c23-20-6-2-1-5-19(20)21(25-10-3-4-11-25)13-24-22(27)15-26(18-7-8-18)14-17-9-12-28-16-17/h1-2,5-6,17-18,21H,3-4,7-16H2,(H,24,27)/t17-,21+/m1/s1. The number of carbonyl (C=O) groups excluding carboxylic acids is 1. The molecule has 1 aliphatic carbocycles. The van der Waals surface area contributed by atoms with Gasteiger partial charge in [-0.1, -0.05) is 29.8 Å². The molecule has 1 N–H and O–H groups in total. The molecule has 5 nitrogen and oxygen atoms in total. The van der Waals surface area contributed by atoms with E-state index >= 15 is 0 Å². The van der Waals surface area contributed by atoms with Crippen molar-refractivity contribution in [1.82, 2.24) is 15.1 Å². The zero-order chi connectivity index (χ0) is 19.3. The highest BCUT2D eigenvalue weighted by Crippen LogP contribution is 2.30. The largest absolute Gasteiger partial charge is 0.381 e. The van der Waals surface area contributed by atoms with Crippen molar-refractivity contribution < 1.29 is 9.53 Å². The maximum atomic E-state index is 12.8. The van der Waals surface area contributed by atoms with Gasteiger partial charge >= 0.3 is 0 Å². The summed E-state index contributed by atoms with van der Waals surface area (Å²) in [6.45, 7) is 5.95. The Morgan fingerprint density at radius 1 is 1.25 bits per heavy atom. The third-order valence-corrected chi connectivity index (χ3v) is 6.61. The molecule has 2 saturated heterocycles. The molecule has 1 aromatic rings. The van der Waals surface area contributed by atoms with Gasteiger partial charge in [0, 0.05) is 30.8 Å². The molecule has 1 amide bonds. The number of likely N-dealkylation sites (tertiary alicyclic amines) is 1. The lowest BCUT2D eigenvalue weighted by atomic mass is 10.1. The number of ether oxygens (including phenoxy) is 1. The zero-order valence-electron chi connectivity index (χ0n) is 16.6. The van der Waals surface area contributed by atoms with Crippen LogP contribution < -0.4 is 5.32 Å². The number of nitrogens with zero attached hydrogens (tertiary/aromatic N) is 2. The molecule has 2 heterocycles. The van der Waals surface area contributed by atoms with E-state index in [0.717, 1.165) is 49.9 Å². The van der Waals surface area contributed by atoms with Crippen molar-refractivity contribution in [2.24, 2.45) is 5.92 Å². The normalized spacial score (nSPS) is 24.0. The maximum absolute atomic E-state index is 12.8. The predicted molar refractivity (Wildman–Crippen MR) is 112 cm³/mol. The van der Waals surface area contributed by atoms with Crippen molar-refractivity contribution in [3.8, 4) is 0 Å². The van der Waals surface area contributed by atoms with Gasteiger partial charge in [-0.25, -0.2) is 0 Å². The molecule has 1 aromatic carbocycles. The van der Waals surface area contributed by atoms with Gasteiger partial charge < -0.3 is 10.1 Å². The van der Waals surface area contributed by atoms with E-state index in [9.17, 15) is 4.79 Å². The third-order valence-electron chi connectivity index (χ3n) is 6.26. The minimum absolute atomic E-state index is 0.127. The fourth-order valence-electron chi connectivity index (χ4n) is 4.53. The smallest absolute Gasteiger partial charge is 0.234 e. The Kier molecular flexibility index (Phi) is 6.89. The van der Waals surface area contributed by atoms with E-state index in [2.05, 4.69) is 21.2 Å². The fraction of sp³-hybridized carbons (Fsp3) is 0.682. The van der Waals surface area contributed by atoms with E-state index in [0.29, 0.717) is 25.0 Å². The van der Waals surface area contributed by atoms with Gasteiger partial charge in [0.2, 0.25) is 5.91 Å². The van der Waals surface area contributed by atoms with Gasteiger partial charge in [-0.3, -0.25) is 14.6 Å². The van der Waals surface area contributed by atoms with Crippen LogP contribution in [0.3, 0.4) is 0 Å². The minimum atomic E-state index is 0.127. The van der Waals surface area contributed by atoms with E-state index in [1.807, 2.05) is 18.2 Å². The summed E-state index contributed by atoms with van der Waals surface area (Å²) in [6.07, 6.45) is 5.99. The highest BCUT2D eigenvalue weighted by atomic mass is 35.5. The first-order valence-corrected chi connectivity index (χ1v) is 11.2. The van der Waals surface area contributed by atoms with Crippen molar-refractivity contribution in [3.63, 3.8) is 0 Å². The number of rotatable bonds is 9. The van der Waals surface area contributed by atoms with E-state index in [-0.39, 0.29) is 11.9 Å². The summed E-state index contributed by atoms with van der Waals surface area (Å²) in [6, 6.07) is 8.77. The Morgan fingerprint density at radius 2 is 2.04 bits per heavy atom. The quantitative estimate of drug-likeness (QED) is 0.685. The topological polar surface area (TPSA) is 44.8 Å². The van der Waals surface area contributed by atoms with E-state index < -0.39 is 0 Å².